The Labute approximate surface area is 128 Å². The lowest BCUT2D eigenvalue weighted by molar-refractivity contribution is -0.138. The molecule has 2 heterocycles. The Morgan fingerprint density at radius 2 is 1.45 bits per heavy atom. The van der Waals surface area contributed by atoms with Gasteiger partial charge in [0.2, 0.25) is 0 Å². The fraction of sp³-hybridized carbons (Fsp3) is 0.857. The Kier molecular flexibility index (Phi) is 5.06. The van der Waals surface area contributed by atoms with Gasteiger partial charge in [-0.1, -0.05) is 6.92 Å². The van der Waals surface area contributed by atoms with E-state index in [1.165, 1.54) is 9.80 Å². The Morgan fingerprint density at radius 3 is 1.82 bits per heavy atom. The van der Waals surface area contributed by atoms with Crippen molar-refractivity contribution in [2.45, 2.75) is 63.2 Å². The molecule has 0 aliphatic carbocycles. The van der Waals surface area contributed by atoms with Gasteiger partial charge in [0.05, 0.1) is 13.1 Å². The Bertz CT molecular complexity index is 445. The Morgan fingerprint density at radius 1 is 1.00 bits per heavy atom. The molecule has 0 aromatic rings. The van der Waals surface area contributed by atoms with Crippen LogP contribution in [0.15, 0.2) is 0 Å². The van der Waals surface area contributed by atoms with Crippen molar-refractivity contribution in [3.8, 4) is 0 Å². The summed E-state index contributed by atoms with van der Waals surface area (Å²) in [6.07, 6.45) is -3.89. The Balaban J connectivity index is 2.02. The highest BCUT2D eigenvalue weighted by molar-refractivity contribution is 5.84. The number of likely N-dealkylation sites (tertiary alicyclic amines) is 2. The van der Waals surface area contributed by atoms with E-state index in [-0.39, 0.29) is 25.2 Å². The maximum absolute atomic E-state index is 11.9. The van der Waals surface area contributed by atoms with Gasteiger partial charge in [0.25, 0.3) is 11.8 Å². The number of carbonyl (C=O) groups is 2. The van der Waals surface area contributed by atoms with Crippen molar-refractivity contribution in [2.24, 2.45) is 0 Å². The zero-order chi connectivity index (χ0) is 16.6. The minimum absolute atomic E-state index is 0.0663. The van der Waals surface area contributed by atoms with E-state index < -0.39 is 36.2 Å². The highest BCUT2D eigenvalue weighted by Gasteiger charge is 2.43. The molecule has 126 valence electrons. The maximum atomic E-state index is 11.9. The fourth-order valence-electron chi connectivity index (χ4n) is 3.21. The monoisotopic (exact) mass is 316 g/mol. The molecule has 2 rings (SSSR count). The average molecular weight is 316 g/mol. The van der Waals surface area contributed by atoms with E-state index in [1.54, 1.807) is 6.92 Å². The second kappa shape index (κ2) is 6.49. The van der Waals surface area contributed by atoms with Gasteiger partial charge in [-0.15, -0.1) is 0 Å². The number of carbonyl (C=O) groups excluding carboxylic acids is 2. The molecule has 2 saturated heterocycles. The normalized spacial score (nSPS) is 35.4. The lowest BCUT2D eigenvalue weighted by Crippen LogP contribution is -2.44. The lowest BCUT2D eigenvalue weighted by Gasteiger charge is -2.32. The third-order valence-electron chi connectivity index (χ3n) is 4.63. The first kappa shape index (κ1) is 17.1. The van der Waals surface area contributed by atoms with Crippen molar-refractivity contribution in [2.75, 3.05) is 13.1 Å². The molecule has 2 fully saturated rings. The van der Waals surface area contributed by atoms with Crippen LogP contribution >= 0.6 is 0 Å². The summed E-state index contributed by atoms with van der Waals surface area (Å²) in [5.41, 5.74) is 0. The van der Waals surface area contributed by atoms with Crippen LogP contribution < -0.4 is 0 Å². The van der Waals surface area contributed by atoms with Crippen molar-refractivity contribution in [3.63, 3.8) is 0 Å². The van der Waals surface area contributed by atoms with Crippen LogP contribution in [0.5, 0.6) is 0 Å². The molecule has 0 spiro atoms. The first-order valence-electron chi connectivity index (χ1n) is 7.61. The maximum Gasteiger partial charge on any atom is 0.254 e. The molecule has 0 bridgehead atoms. The molecule has 22 heavy (non-hydrogen) atoms. The minimum atomic E-state index is -1.39. The van der Waals surface area contributed by atoms with E-state index in [0.717, 1.165) is 0 Å². The van der Waals surface area contributed by atoms with E-state index >= 15 is 0 Å². The largest absolute Gasteiger partial charge is 0.388 e. The van der Waals surface area contributed by atoms with E-state index in [4.69, 9.17) is 0 Å². The summed E-state index contributed by atoms with van der Waals surface area (Å²) in [6, 6.07) is -0.496. The third kappa shape index (κ3) is 2.96. The molecule has 0 radical (unpaired) electrons. The first-order valence-corrected chi connectivity index (χ1v) is 7.61. The molecule has 2 aliphatic heterocycles. The third-order valence-corrected chi connectivity index (χ3v) is 4.63. The number of aliphatic hydroxyl groups excluding tert-OH is 4. The standard InChI is InChI=1S/C14H24N2O6/c1-3-8(16-6-10(18)12(20)14(16)22)4-7(2)15-5-9(17)11(19)13(15)21/h7-12,17-20H,3-6H2,1-2H3/t7-,8+,9-,10-,11-,12-/m1/s1. The molecule has 0 aromatic heterocycles. The highest BCUT2D eigenvalue weighted by Crippen LogP contribution is 2.24. The van der Waals surface area contributed by atoms with Crippen molar-refractivity contribution >= 4 is 11.8 Å². The predicted octanol–water partition coefficient (Wildman–Crippen LogP) is -2.33. The molecule has 0 aromatic carbocycles. The van der Waals surface area contributed by atoms with Gasteiger partial charge in [0, 0.05) is 12.1 Å². The van der Waals surface area contributed by atoms with Gasteiger partial charge < -0.3 is 30.2 Å². The van der Waals surface area contributed by atoms with Gasteiger partial charge in [-0.3, -0.25) is 9.59 Å². The first-order chi connectivity index (χ1) is 10.3. The summed E-state index contributed by atoms with van der Waals surface area (Å²) in [5.74, 6) is -1.01. The zero-order valence-electron chi connectivity index (χ0n) is 12.8. The molecular weight excluding hydrogens is 292 g/mol. The number of rotatable bonds is 5. The van der Waals surface area contributed by atoms with Crippen LogP contribution in [-0.4, -0.2) is 91.6 Å². The van der Waals surface area contributed by atoms with E-state index in [2.05, 4.69) is 0 Å². The van der Waals surface area contributed by atoms with Crippen LogP contribution in [0.25, 0.3) is 0 Å². The van der Waals surface area contributed by atoms with Gasteiger partial charge in [0.15, 0.2) is 12.2 Å². The van der Waals surface area contributed by atoms with Crippen LogP contribution in [0.2, 0.25) is 0 Å². The van der Waals surface area contributed by atoms with E-state index in [1.807, 2.05) is 6.92 Å². The molecule has 2 amide bonds. The average Bonchev–Trinajstić information content (AvgIpc) is 2.89. The molecule has 6 atom stereocenters. The summed E-state index contributed by atoms with van der Waals surface area (Å²) >= 11 is 0. The molecule has 4 N–H and O–H groups in total. The summed E-state index contributed by atoms with van der Waals surface area (Å²) in [5, 5.41) is 38.2. The fourth-order valence-corrected chi connectivity index (χ4v) is 3.21. The van der Waals surface area contributed by atoms with Crippen molar-refractivity contribution in [1.82, 2.24) is 9.80 Å². The second-order valence-electron chi connectivity index (χ2n) is 6.15. The SMILES string of the molecule is CC[C@@H](C[C@@H](C)N1C[C@@H](O)[C@@H](O)C1=O)N1C[C@@H](O)[C@@H](O)C1=O. The topological polar surface area (TPSA) is 122 Å². The number of amides is 2. The molecule has 8 nitrogen and oxygen atoms in total. The Hall–Kier alpha value is -1.22. The summed E-state index contributed by atoms with van der Waals surface area (Å²) in [7, 11) is 0. The predicted molar refractivity (Wildman–Crippen MR) is 75.6 cm³/mol. The van der Waals surface area contributed by atoms with Crippen molar-refractivity contribution < 1.29 is 30.0 Å². The van der Waals surface area contributed by atoms with Gasteiger partial charge in [0.1, 0.15) is 12.2 Å². The lowest BCUT2D eigenvalue weighted by atomic mass is 10.0. The molecule has 0 unspecified atom stereocenters. The van der Waals surface area contributed by atoms with E-state index in [9.17, 15) is 30.0 Å². The summed E-state index contributed by atoms with van der Waals surface area (Å²) < 4.78 is 0. The highest BCUT2D eigenvalue weighted by atomic mass is 16.3. The number of aliphatic hydroxyl groups is 4. The zero-order valence-corrected chi connectivity index (χ0v) is 12.8. The van der Waals surface area contributed by atoms with Crippen LogP contribution in [0.4, 0.5) is 0 Å². The van der Waals surface area contributed by atoms with Crippen LogP contribution in [0, 0.1) is 0 Å². The number of hydrogen-bond acceptors (Lipinski definition) is 6. The minimum Gasteiger partial charge on any atom is -0.388 e. The number of β-amino-alcohol motifs (C(OH)–C–C–N with tert-alkyl or cyclic N) is 2. The number of nitrogens with zero attached hydrogens (tertiary/aromatic N) is 2. The summed E-state index contributed by atoms with van der Waals surface area (Å²) in [4.78, 5) is 26.7. The van der Waals surface area contributed by atoms with Crippen molar-refractivity contribution in [3.05, 3.63) is 0 Å². The molecule has 8 heteroatoms. The molecule has 0 saturated carbocycles. The van der Waals surface area contributed by atoms with Crippen LogP contribution in [-0.2, 0) is 9.59 Å². The number of hydrogen-bond donors (Lipinski definition) is 4. The smallest absolute Gasteiger partial charge is 0.254 e. The van der Waals surface area contributed by atoms with Gasteiger partial charge in [-0.25, -0.2) is 0 Å². The van der Waals surface area contributed by atoms with Gasteiger partial charge in [-0.2, -0.15) is 0 Å². The van der Waals surface area contributed by atoms with Crippen LogP contribution in [0.3, 0.4) is 0 Å². The quantitative estimate of drug-likeness (QED) is 0.451. The van der Waals surface area contributed by atoms with Gasteiger partial charge >= 0.3 is 0 Å². The van der Waals surface area contributed by atoms with Crippen molar-refractivity contribution in [1.29, 1.82) is 0 Å². The molecular formula is C14H24N2O6. The van der Waals surface area contributed by atoms with E-state index in [0.29, 0.717) is 12.8 Å². The van der Waals surface area contributed by atoms with Gasteiger partial charge in [-0.05, 0) is 19.8 Å². The molecule has 2 aliphatic rings. The second-order valence-corrected chi connectivity index (χ2v) is 6.15. The summed E-state index contributed by atoms with van der Waals surface area (Å²) in [6.45, 7) is 3.82. The van der Waals surface area contributed by atoms with Crippen LogP contribution in [0.1, 0.15) is 26.7 Å².